The molecule has 5 nitrogen and oxygen atoms in total. The third-order valence-electron chi connectivity index (χ3n) is 4.36. The van der Waals surface area contributed by atoms with Gasteiger partial charge in [-0.15, -0.1) is 0 Å². The van der Waals surface area contributed by atoms with Gasteiger partial charge in [0.1, 0.15) is 0 Å². The lowest BCUT2D eigenvalue weighted by molar-refractivity contribution is 0.0910. The van der Waals surface area contributed by atoms with Crippen LogP contribution in [0.5, 0.6) is 0 Å². The third-order valence-corrected chi connectivity index (χ3v) is 5.27. The van der Waals surface area contributed by atoms with Gasteiger partial charge >= 0.3 is 0 Å². The molecule has 3 unspecified atom stereocenters. The lowest BCUT2D eigenvalue weighted by atomic mass is 9.79. The minimum absolute atomic E-state index is 0.0409. The van der Waals surface area contributed by atoms with Gasteiger partial charge in [0.25, 0.3) is 5.91 Å². The van der Waals surface area contributed by atoms with E-state index in [4.69, 9.17) is 5.14 Å². The van der Waals surface area contributed by atoms with Gasteiger partial charge in [0.05, 0.1) is 4.90 Å². The molecule has 1 aromatic carbocycles. The van der Waals surface area contributed by atoms with E-state index in [9.17, 15) is 13.2 Å². The molecule has 21 heavy (non-hydrogen) atoms. The molecule has 1 amide bonds. The molecule has 0 bridgehead atoms. The number of nitrogens with one attached hydrogen (secondary N) is 1. The number of nitrogens with two attached hydrogens (primary N) is 1. The highest BCUT2D eigenvalue weighted by Crippen LogP contribution is 2.29. The molecule has 3 N–H and O–H groups in total. The summed E-state index contributed by atoms with van der Waals surface area (Å²) in [5, 5.41) is 8.07. The molecule has 0 radical (unpaired) electrons. The number of hydrogen-bond acceptors (Lipinski definition) is 3. The van der Waals surface area contributed by atoms with Crippen LogP contribution >= 0.6 is 0 Å². The zero-order chi connectivity index (χ0) is 15.6. The van der Waals surface area contributed by atoms with E-state index in [1.165, 1.54) is 18.2 Å². The molecule has 6 heteroatoms. The smallest absolute Gasteiger partial charge is 0.251 e. The van der Waals surface area contributed by atoms with Gasteiger partial charge in [-0.3, -0.25) is 4.79 Å². The molecule has 1 aliphatic carbocycles. The zero-order valence-electron chi connectivity index (χ0n) is 12.4. The molecule has 116 valence electrons. The van der Waals surface area contributed by atoms with Crippen molar-refractivity contribution in [2.24, 2.45) is 17.0 Å². The lowest BCUT2D eigenvalue weighted by Gasteiger charge is -2.32. The third kappa shape index (κ3) is 4.04. The average molecular weight is 310 g/mol. The minimum Gasteiger partial charge on any atom is -0.349 e. The topological polar surface area (TPSA) is 89.3 Å². The SMILES string of the molecule is CC1CCC(NC(=O)c2cccc(S(N)(=O)=O)c2)CC1C. The van der Waals surface area contributed by atoms with Gasteiger partial charge in [-0.1, -0.05) is 19.9 Å². The maximum Gasteiger partial charge on any atom is 0.251 e. The van der Waals surface area contributed by atoms with Crippen molar-refractivity contribution < 1.29 is 13.2 Å². The summed E-state index contributed by atoms with van der Waals surface area (Å²) in [6.45, 7) is 4.43. The Morgan fingerprint density at radius 1 is 1.24 bits per heavy atom. The molecule has 1 fully saturated rings. The van der Waals surface area contributed by atoms with E-state index < -0.39 is 10.0 Å². The van der Waals surface area contributed by atoms with Crippen molar-refractivity contribution in [2.75, 3.05) is 0 Å². The first-order chi connectivity index (χ1) is 9.77. The van der Waals surface area contributed by atoms with Crippen molar-refractivity contribution in [3.63, 3.8) is 0 Å². The van der Waals surface area contributed by atoms with Gasteiger partial charge in [0.15, 0.2) is 0 Å². The fraction of sp³-hybridized carbons (Fsp3) is 0.533. The molecule has 0 heterocycles. The molecular formula is C15H22N2O3S. The summed E-state index contributed by atoms with van der Waals surface area (Å²) in [7, 11) is -3.79. The van der Waals surface area contributed by atoms with Crippen molar-refractivity contribution in [3.8, 4) is 0 Å². The molecule has 2 rings (SSSR count). The van der Waals surface area contributed by atoms with Crippen molar-refractivity contribution in [2.45, 2.75) is 44.0 Å². The van der Waals surface area contributed by atoms with Crippen LogP contribution in [0.4, 0.5) is 0 Å². The summed E-state index contributed by atoms with van der Waals surface area (Å²) in [5.41, 5.74) is 0.327. The van der Waals surface area contributed by atoms with Crippen LogP contribution in [0, 0.1) is 11.8 Å². The molecule has 1 aliphatic rings. The molecule has 3 atom stereocenters. The summed E-state index contributed by atoms with van der Waals surface area (Å²) in [4.78, 5) is 12.2. The van der Waals surface area contributed by atoms with Crippen molar-refractivity contribution >= 4 is 15.9 Å². The van der Waals surface area contributed by atoms with E-state index in [2.05, 4.69) is 19.2 Å². The second-order valence-electron chi connectivity index (χ2n) is 6.01. The number of primary sulfonamides is 1. The van der Waals surface area contributed by atoms with Crippen LogP contribution in [0.2, 0.25) is 0 Å². The average Bonchev–Trinajstić information content (AvgIpc) is 2.42. The predicted molar refractivity (Wildman–Crippen MR) is 81.2 cm³/mol. The first kappa shape index (κ1) is 16.0. The Balaban J connectivity index is 2.07. The summed E-state index contributed by atoms with van der Waals surface area (Å²) in [6, 6.07) is 5.98. The van der Waals surface area contributed by atoms with E-state index in [0.29, 0.717) is 17.4 Å². The van der Waals surface area contributed by atoms with Crippen LogP contribution in [-0.4, -0.2) is 20.4 Å². The fourth-order valence-electron chi connectivity index (χ4n) is 2.76. The van der Waals surface area contributed by atoms with E-state index in [1.54, 1.807) is 6.07 Å². The van der Waals surface area contributed by atoms with E-state index in [1.807, 2.05) is 0 Å². The first-order valence-corrected chi connectivity index (χ1v) is 8.75. The Labute approximate surface area is 126 Å². The molecule has 0 aliphatic heterocycles. The van der Waals surface area contributed by atoms with E-state index in [-0.39, 0.29) is 16.8 Å². The largest absolute Gasteiger partial charge is 0.349 e. The Morgan fingerprint density at radius 2 is 1.95 bits per heavy atom. The summed E-state index contributed by atoms with van der Waals surface area (Å²) < 4.78 is 22.6. The molecule has 1 saturated carbocycles. The summed E-state index contributed by atoms with van der Waals surface area (Å²) in [5.74, 6) is 1.02. The highest BCUT2D eigenvalue weighted by molar-refractivity contribution is 7.89. The Hall–Kier alpha value is -1.40. The number of sulfonamides is 1. The number of benzene rings is 1. The standard InChI is InChI=1S/C15H22N2O3S/c1-10-6-7-13(8-11(10)2)17-15(18)12-4-3-5-14(9-12)21(16,19)20/h3-5,9-11,13H,6-8H2,1-2H3,(H,17,18)(H2,16,19,20). The van der Waals surface area contributed by atoms with Crippen LogP contribution < -0.4 is 10.5 Å². The molecule has 1 aromatic rings. The highest BCUT2D eigenvalue weighted by atomic mass is 32.2. The maximum absolute atomic E-state index is 12.2. The van der Waals surface area contributed by atoms with E-state index >= 15 is 0 Å². The van der Waals surface area contributed by atoms with Gasteiger partial charge in [-0.05, 0) is 49.3 Å². The quantitative estimate of drug-likeness (QED) is 0.893. The van der Waals surface area contributed by atoms with Crippen LogP contribution in [0.3, 0.4) is 0 Å². The number of carbonyl (C=O) groups is 1. The molecular weight excluding hydrogens is 288 g/mol. The van der Waals surface area contributed by atoms with Crippen molar-refractivity contribution in [1.29, 1.82) is 0 Å². The predicted octanol–water partition coefficient (Wildman–Crippen LogP) is 1.89. The second kappa shape index (κ2) is 6.15. The second-order valence-corrected chi connectivity index (χ2v) is 7.57. The molecule has 0 saturated heterocycles. The summed E-state index contributed by atoms with van der Waals surface area (Å²) >= 11 is 0. The van der Waals surface area contributed by atoms with Gasteiger partial charge in [0.2, 0.25) is 10.0 Å². The van der Waals surface area contributed by atoms with Gasteiger partial charge < -0.3 is 5.32 Å². The number of rotatable bonds is 3. The Kier molecular flexibility index (Phi) is 4.68. The van der Waals surface area contributed by atoms with Crippen LogP contribution in [0.25, 0.3) is 0 Å². The Morgan fingerprint density at radius 3 is 2.57 bits per heavy atom. The number of amides is 1. The van der Waals surface area contributed by atoms with Gasteiger partial charge in [0, 0.05) is 11.6 Å². The van der Waals surface area contributed by atoms with Gasteiger partial charge in [-0.25, -0.2) is 13.6 Å². The first-order valence-electron chi connectivity index (χ1n) is 7.21. The normalized spacial score (nSPS) is 26.3. The number of carbonyl (C=O) groups excluding carboxylic acids is 1. The zero-order valence-corrected chi connectivity index (χ0v) is 13.2. The summed E-state index contributed by atoms with van der Waals surface area (Å²) in [6.07, 6.45) is 3.03. The van der Waals surface area contributed by atoms with Crippen molar-refractivity contribution in [3.05, 3.63) is 29.8 Å². The monoisotopic (exact) mass is 310 g/mol. The van der Waals surface area contributed by atoms with Crippen LogP contribution in [0.1, 0.15) is 43.5 Å². The number of hydrogen-bond donors (Lipinski definition) is 2. The molecule has 0 spiro atoms. The highest BCUT2D eigenvalue weighted by Gasteiger charge is 2.26. The van der Waals surface area contributed by atoms with Crippen LogP contribution in [-0.2, 0) is 10.0 Å². The van der Waals surface area contributed by atoms with Gasteiger partial charge in [-0.2, -0.15) is 0 Å². The fourth-order valence-corrected chi connectivity index (χ4v) is 3.32. The minimum atomic E-state index is -3.79. The van der Waals surface area contributed by atoms with E-state index in [0.717, 1.165) is 19.3 Å². The Bertz CT molecular complexity index is 628. The van der Waals surface area contributed by atoms with Crippen molar-refractivity contribution in [1.82, 2.24) is 5.32 Å². The molecule has 0 aromatic heterocycles. The lowest BCUT2D eigenvalue weighted by Crippen LogP contribution is -2.39. The maximum atomic E-state index is 12.2. The van der Waals surface area contributed by atoms with Crippen LogP contribution in [0.15, 0.2) is 29.2 Å².